The fourth-order valence-electron chi connectivity index (χ4n) is 4.31. The first-order valence-electron chi connectivity index (χ1n) is 13.5. The number of thioether (sulfide) groups is 1. The molecule has 3 amide bonds. The molecule has 0 saturated carbocycles. The van der Waals surface area contributed by atoms with Crippen molar-refractivity contribution in [1.29, 1.82) is 0 Å². The third-order valence-electron chi connectivity index (χ3n) is 6.49. The SMILES string of the molecule is CC(Sc1ccc(NC(=O)/C(=C/c2cccc3ccccc23)NC(=O)c2ccccc2)cc1)C(=O)Nc1ccccc1. The summed E-state index contributed by atoms with van der Waals surface area (Å²) in [5, 5.41) is 10.3. The van der Waals surface area contributed by atoms with Crippen LogP contribution in [0.1, 0.15) is 22.8 Å². The molecule has 0 heterocycles. The van der Waals surface area contributed by atoms with Crippen molar-refractivity contribution < 1.29 is 14.4 Å². The molecule has 0 aliphatic heterocycles. The summed E-state index contributed by atoms with van der Waals surface area (Å²) < 4.78 is 0. The number of carbonyl (C=O) groups is 3. The van der Waals surface area contributed by atoms with Crippen LogP contribution < -0.4 is 16.0 Å². The minimum absolute atomic E-state index is 0.0963. The van der Waals surface area contributed by atoms with Crippen LogP contribution in [-0.2, 0) is 9.59 Å². The molecule has 0 fully saturated rings. The molecule has 42 heavy (non-hydrogen) atoms. The third-order valence-corrected chi connectivity index (χ3v) is 7.60. The van der Waals surface area contributed by atoms with E-state index in [1.54, 1.807) is 42.5 Å². The van der Waals surface area contributed by atoms with Gasteiger partial charge in [0, 0.05) is 21.8 Å². The molecule has 5 aromatic rings. The summed E-state index contributed by atoms with van der Waals surface area (Å²) in [4.78, 5) is 40.0. The number of fused-ring (bicyclic) bond motifs is 1. The van der Waals surface area contributed by atoms with E-state index in [1.807, 2.05) is 97.9 Å². The molecule has 3 N–H and O–H groups in total. The van der Waals surface area contributed by atoms with Gasteiger partial charge in [-0.25, -0.2) is 0 Å². The van der Waals surface area contributed by atoms with Crippen molar-refractivity contribution in [2.45, 2.75) is 17.1 Å². The van der Waals surface area contributed by atoms with E-state index in [0.29, 0.717) is 11.3 Å². The van der Waals surface area contributed by atoms with E-state index < -0.39 is 5.91 Å². The van der Waals surface area contributed by atoms with Gasteiger partial charge in [0.15, 0.2) is 0 Å². The lowest BCUT2D eigenvalue weighted by atomic mass is 10.0. The van der Waals surface area contributed by atoms with Gasteiger partial charge in [-0.05, 0) is 77.9 Å². The van der Waals surface area contributed by atoms with Crippen LogP contribution in [0.3, 0.4) is 0 Å². The van der Waals surface area contributed by atoms with E-state index in [4.69, 9.17) is 0 Å². The lowest BCUT2D eigenvalue weighted by Crippen LogP contribution is -2.30. The van der Waals surface area contributed by atoms with Crippen LogP contribution in [0.4, 0.5) is 11.4 Å². The van der Waals surface area contributed by atoms with E-state index >= 15 is 0 Å². The predicted molar refractivity (Wildman–Crippen MR) is 171 cm³/mol. The van der Waals surface area contributed by atoms with Crippen LogP contribution in [0.5, 0.6) is 0 Å². The average molecular weight is 572 g/mol. The zero-order valence-electron chi connectivity index (χ0n) is 22.9. The van der Waals surface area contributed by atoms with Crippen LogP contribution in [0, 0.1) is 0 Å². The summed E-state index contributed by atoms with van der Waals surface area (Å²) in [5.74, 6) is -0.934. The number of nitrogens with one attached hydrogen (secondary N) is 3. The summed E-state index contributed by atoms with van der Waals surface area (Å²) >= 11 is 1.42. The van der Waals surface area contributed by atoms with Gasteiger partial charge < -0.3 is 16.0 Å². The van der Waals surface area contributed by atoms with E-state index in [-0.39, 0.29) is 22.8 Å². The fourth-order valence-corrected chi connectivity index (χ4v) is 5.18. The molecule has 0 spiro atoms. The number of hydrogen-bond donors (Lipinski definition) is 3. The number of benzene rings is 5. The van der Waals surface area contributed by atoms with Gasteiger partial charge in [0.1, 0.15) is 5.70 Å². The van der Waals surface area contributed by atoms with E-state index in [0.717, 1.165) is 26.9 Å². The molecule has 0 aliphatic rings. The Morgan fingerprint density at radius 3 is 2.02 bits per heavy atom. The Bertz CT molecular complexity index is 1730. The van der Waals surface area contributed by atoms with Crippen LogP contribution in [-0.4, -0.2) is 23.0 Å². The predicted octanol–water partition coefficient (Wildman–Crippen LogP) is 7.37. The lowest BCUT2D eigenvalue weighted by Gasteiger charge is -2.14. The molecule has 208 valence electrons. The fraction of sp³-hybridized carbons (Fsp3) is 0.0571. The highest BCUT2D eigenvalue weighted by atomic mass is 32.2. The first-order chi connectivity index (χ1) is 20.5. The maximum atomic E-state index is 13.5. The second-order valence-electron chi connectivity index (χ2n) is 9.54. The Hall–Kier alpha value is -5.14. The highest BCUT2D eigenvalue weighted by Crippen LogP contribution is 2.26. The van der Waals surface area contributed by atoms with Gasteiger partial charge in [-0.15, -0.1) is 11.8 Å². The van der Waals surface area contributed by atoms with Gasteiger partial charge in [-0.1, -0.05) is 78.9 Å². The maximum Gasteiger partial charge on any atom is 0.272 e. The zero-order valence-corrected chi connectivity index (χ0v) is 23.7. The van der Waals surface area contributed by atoms with Gasteiger partial charge in [-0.2, -0.15) is 0 Å². The van der Waals surface area contributed by atoms with Gasteiger partial charge >= 0.3 is 0 Å². The van der Waals surface area contributed by atoms with Crippen molar-refractivity contribution in [3.63, 3.8) is 0 Å². The summed E-state index contributed by atoms with van der Waals surface area (Å²) in [7, 11) is 0. The quantitative estimate of drug-likeness (QED) is 0.127. The van der Waals surface area contributed by atoms with Crippen molar-refractivity contribution in [3.05, 3.63) is 144 Å². The van der Waals surface area contributed by atoms with E-state index in [2.05, 4.69) is 16.0 Å². The zero-order chi connectivity index (χ0) is 29.3. The van der Waals surface area contributed by atoms with Crippen molar-refractivity contribution in [2.75, 3.05) is 10.6 Å². The van der Waals surface area contributed by atoms with Gasteiger partial charge in [0.2, 0.25) is 5.91 Å². The van der Waals surface area contributed by atoms with Gasteiger partial charge in [-0.3, -0.25) is 14.4 Å². The summed E-state index contributed by atoms with van der Waals surface area (Å²) in [5.41, 5.74) is 2.68. The molecule has 0 aliphatic carbocycles. The maximum absolute atomic E-state index is 13.5. The Morgan fingerprint density at radius 2 is 1.29 bits per heavy atom. The normalized spacial score (nSPS) is 11.9. The topological polar surface area (TPSA) is 87.3 Å². The van der Waals surface area contributed by atoms with Crippen LogP contribution in [0.15, 0.2) is 138 Å². The van der Waals surface area contributed by atoms with Gasteiger partial charge in [0.05, 0.1) is 5.25 Å². The second-order valence-corrected chi connectivity index (χ2v) is 11.0. The lowest BCUT2D eigenvalue weighted by molar-refractivity contribution is -0.115. The van der Waals surface area contributed by atoms with Crippen molar-refractivity contribution in [3.8, 4) is 0 Å². The molecule has 7 heteroatoms. The van der Waals surface area contributed by atoms with Crippen LogP contribution in [0.25, 0.3) is 16.8 Å². The Kier molecular flexibility index (Phi) is 9.11. The molecule has 6 nitrogen and oxygen atoms in total. The first kappa shape index (κ1) is 28.4. The average Bonchev–Trinajstić information content (AvgIpc) is 3.02. The number of anilines is 2. The minimum atomic E-state index is -0.455. The molecule has 0 bridgehead atoms. The van der Waals surface area contributed by atoms with Crippen LogP contribution in [0.2, 0.25) is 0 Å². The largest absolute Gasteiger partial charge is 0.325 e. The smallest absolute Gasteiger partial charge is 0.272 e. The summed E-state index contributed by atoms with van der Waals surface area (Å²) in [6.07, 6.45) is 1.69. The third kappa shape index (κ3) is 7.33. The molecule has 0 aromatic heterocycles. The molecule has 0 saturated heterocycles. The summed E-state index contributed by atoms with van der Waals surface area (Å²) in [6.45, 7) is 1.85. The first-order valence-corrected chi connectivity index (χ1v) is 14.3. The highest BCUT2D eigenvalue weighted by Gasteiger charge is 2.17. The van der Waals surface area contributed by atoms with Gasteiger partial charge in [0.25, 0.3) is 11.8 Å². The number of rotatable bonds is 9. The second kappa shape index (κ2) is 13.5. The summed E-state index contributed by atoms with van der Waals surface area (Å²) in [6, 6.07) is 39.0. The van der Waals surface area contributed by atoms with E-state index in [9.17, 15) is 14.4 Å². The standard InChI is InChI=1S/C35H29N3O3S/c1-24(33(39)36-28-16-6-3-7-17-28)42-30-21-19-29(20-22-30)37-35(41)32(38-34(40)26-12-4-2-5-13-26)23-27-15-10-14-25-11-8-9-18-31(25)27/h2-24H,1H3,(H,36,39)(H,37,41)(H,38,40)/b32-23-. The number of para-hydroxylation sites is 1. The van der Waals surface area contributed by atoms with Crippen molar-refractivity contribution in [2.24, 2.45) is 0 Å². The molecule has 5 aromatic carbocycles. The monoisotopic (exact) mass is 571 g/mol. The van der Waals surface area contributed by atoms with Crippen molar-refractivity contribution in [1.82, 2.24) is 5.32 Å². The number of hydrogen-bond acceptors (Lipinski definition) is 4. The van der Waals surface area contributed by atoms with E-state index in [1.165, 1.54) is 11.8 Å². The Morgan fingerprint density at radius 1 is 0.667 bits per heavy atom. The minimum Gasteiger partial charge on any atom is -0.325 e. The number of amides is 3. The van der Waals surface area contributed by atoms with Crippen molar-refractivity contribution >= 4 is 57.7 Å². The molecular weight excluding hydrogens is 542 g/mol. The molecule has 1 unspecified atom stereocenters. The Labute approximate surface area is 248 Å². The molecule has 1 atom stereocenters. The molecular formula is C35H29N3O3S. The Balaban J connectivity index is 1.32. The number of carbonyl (C=O) groups excluding carboxylic acids is 3. The van der Waals surface area contributed by atoms with Crippen LogP contribution >= 0.6 is 11.8 Å². The highest BCUT2D eigenvalue weighted by molar-refractivity contribution is 8.00. The molecule has 5 rings (SSSR count). The molecule has 0 radical (unpaired) electrons.